The quantitative estimate of drug-likeness (QED) is 0.608. The largest absolute Gasteiger partial charge is 0.377 e. The molecule has 0 saturated carbocycles. The average molecular weight is 172 g/mol. The molecule has 0 aromatic carbocycles. The number of rotatable bonds is 4. The maximum atomic E-state index is 11.2. The number of nitrogens with two attached hydrogens (primary N) is 1. The molecule has 1 rings (SSSR count). The van der Waals surface area contributed by atoms with Gasteiger partial charge in [0.05, 0.1) is 25.3 Å². The Hall–Kier alpha value is -0.610. The van der Waals surface area contributed by atoms with Crippen molar-refractivity contribution in [3.8, 4) is 0 Å². The maximum absolute atomic E-state index is 11.2. The molecule has 1 fully saturated rings. The summed E-state index contributed by atoms with van der Waals surface area (Å²) in [4.78, 5) is 11.2. The minimum absolute atomic E-state index is 0.0508. The van der Waals surface area contributed by atoms with Gasteiger partial charge in [0.2, 0.25) is 5.91 Å². The van der Waals surface area contributed by atoms with Gasteiger partial charge in [-0.05, 0) is 6.42 Å². The molecule has 0 aliphatic carbocycles. The van der Waals surface area contributed by atoms with E-state index in [2.05, 4.69) is 5.32 Å². The fraction of sp³-hybridized carbons (Fsp3) is 0.875. The topological polar surface area (TPSA) is 64.4 Å². The van der Waals surface area contributed by atoms with Crippen molar-refractivity contribution < 1.29 is 9.53 Å². The van der Waals surface area contributed by atoms with Crippen LogP contribution in [0, 0.1) is 0 Å². The van der Waals surface area contributed by atoms with Gasteiger partial charge in [0, 0.05) is 0 Å². The number of carbonyl (C=O) groups excluding carboxylic acids is 1. The molecule has 0 unspecified atom stereocenters. The van der Waals surface area contributed by atoms with Crippen molar-refractivity contribution in [1.82, 2.24) is 5.32 Å². The lowest BCUT2D eigenvalue weighted by molar-refractivity contribution is -0.126. The molecule has 70 valence electrons. The molecular formula is C8H16N2O2. The lowest BCUT2D eigenvalue weighted by Gasteiger charge is -2.27. The second-order valence-corrected chi connectivity index (χ2v) is 3.14. The Morgan fingerprint density at radius 2 is 2.42 bits per heavy atom. The van der Waals surface area contributed by atoms with E-state index in [0.717, 1.165) is 12.8 Å². The fourth-order valence-corrected chi connectivity index (χ4v) is 1.07. The third-order valence-electron chi connectivity index (χ3n) is 1.92. The SMILES string of the molecule is CCC[C@H](N)C(=O)NC1COC1. The summed E-state index contributed by atoms with van der Waals surface area (Å²) in [5.41, 5.74) is 5.60. The summed E-state index contributed by atoms with van der Waals surface area (Å²) in [6, 6.07) is -0.156. The minimum Gasteiger partial charge on any atom is -0.377 e. The highest BCUT2D eigenvalue weighted by molar-refractivity contribution is 5.81. The van der Waals surface area contributed by atoms with Crippen LogP contribution < -0.4 is 11.1 Å². The zero-order valence-corrected chi connectivity index (χ0v) is 7.38. The Bertz CT molecular complexity index is 157. The fourth-order valence-electron chi connectivity index (χ4n) is 1.07. The van der Waals surface area contributed by atoms with Crippen LogP contribution in [0.4, 0.5) is 0 Å². The molecule has 1 saturated heterocycles. The smallest absolute Gasteiger partial charge is 0.237 e. The third kappa shape index (κ3) is 2.46. The molecule has 1 heterocycles. The predicted molar refractivity (Wildman–Crippen MR) is 45.6 cm³/mol. The molecule has 1 aliphatic rings. The number of carbonyl (C=O) groups is 1. The van der Waals surface area contributed by atoms with Gasteiger partial charge >= 0.3 is 0 Å². The highest BCUT2D eigenvalue weighted by Crippen LogP contribution is 2.01. The van der Waals surface area contributed by atoms with Crippen molar-refractivity contribution in [3.05, 3.63) is 0 Å². The van der Waals surface area contributed by atoms with Gasteiger partial charge in [-0.2, -0.15) is 0 Å². The Morgan fingerprint density at radius 3 is 2.83 bits per heavy atom. The summed E-state index contributed by atoms with van der Waals surface area (Å²) in [6.45, 7) is 3.27. The molecule has 0 radical (unpaired) electrons. The van der Waals surface area contributed by atoms with Gasteiger partial charge in [-0.25, -0.2) is 0 Å². The Kier molecular flexibility index (Phi) is 3.49. The van der Waals surface area contributed by atoms with Crippen LogP contribution in [0.25, 0.3) is 0 Å². The number of hydrogen-bond donors (Lipinski definition) is 2. The molecule has 3 N–H and O–H groups in total. The van der Waals surface area contributed by atoms with Crippen molar-refractivity contribution in [2.45, 2.75) is 31.8 Å². The maximum Gasteiger partial charge on any atom is 0.237 e. The first-order valence-corrected chi connectivity index (χ1v) is 4.37. The first-order chi connectivity index (χ1) is 5.74. The van der Waals surface area contributed by atoms with E-state index in [1.807, 2.05) is 6.92 Å². The lowest BCUT2D eigenvalue weighted by Crippen LogP contribution is -2.53. The van der Waals surface area contributed by atoms with Gasteiger partial charge in [0.1, 0.15) is 0 Å². The van der Waals surface area contributed by atoms with Gasteiger partial charge in [0.15, 0.2) is 0 Å². The normalized spacial score (nSPS) is 19.8. The Labute approximate surface area is 72.5 Å². The molecule has 4 heteroatoms. The van der Waals surface area contributed by atoms with Crippen molar-refractivity contribution in [2.75, 3.05) is 13.2 Å². The summed E-state index contributed by atoms with van der Waals surface area (Å²) in [5, 5.41) is 2.81. The van der Waals surface area contributed by atoms with E-state index in [1.54, 1.807) is 0 Å². The van der Waals surface area contributed by atoms with Crippen LogP contribution in [0.15, 0.2) is 0 Å². The van der Waals surface area contributed by atoms with Gasteiger partial charge in [-0.15, -0.1) is 0 Å². The standard InChI is InChI=1S/C8H16N2O2/c1-2-3-7(9)8(11)10-6-4-12-5-6/h6-7H,2-5,9H2,1H3,(H,10,11)/t7-/m0/s1. The summed E-state index contributed by atoms with van der Waals surface area (Å²) in [7, 11) is 0. The van der Waals surface area contributed by atoms with Crippen molar-refractivity contribution >= 4 is 5.91 Å². The summed E-state index contributed by atoms with van der Waals surface area (Å²) < 4.78 is 4.92. The highest BCUT2D eigenvalue weighted by Gasteiger charge is 2.22. The van der Waals surface area contributed by atoms with Crippen LogP contribution in [0.1, 0.15) is 19.8 Å². The summed E-state index contributed by atoms with van der Waals surface area (Å²) in [5.74, 6) is -0.0508. The molecule has 1 atom stereocenters. The van der Waals surface area contributed by atoms with E-state index in [4.69, 9.17) is 10.5 Å². The predicted octanol–water partition coefficient (Wildman–Crippen LogP) is -0.371. The monoisotopic (exact) mass is 172 g/mol. The highest BCUT2D eigenvalue weighted by atomic mass is 16.5. The molecule has 1 amide bonds. The zero-order valence-electron chi connectivity index (χ0n) is 7.38. The third-order valence-corrected chi connectivity index (χ3v) is 1.92. The van der Waals surface area contributed by atoms with Crippen LogP contribution in [0.5, 0.6) is 0 Å². The second-order valence-electron chi connectivity index (χ2n) is 3.14. The molecule has 4 nitrogen and oxygen atoms in total. The number of amides is 1. The van der Waals surface area contributed by atoms with E-state index in [0.29, 0.717) is 13.2 Å². The van der Waals surface area contributed by atoms with Gasteiger partial charge in [-0.3, -0.25) is 4.79 Å². The van der Waals surface area contributed by atoms with Crippen molar-refractivity contribution in [3.63, 3.8) is 0 Å². The van der Waals surface area contributed by atoms with E-state index in [1.165, 1.54) is 0 Å². The zero-order chi connectivity index (χ0) is 8.97. The molecule has 0 aromatic heterocycles. The van der Waals surface area contributed by atoms with Crippen molar-refractivity contribution in [1.29, 1.82) is 0 Å². The second kappa shape index (κ2) is 4.42. The van der Waals surface area contributed by atoms with Crippen LogP contribution in [-0.2, 0) is 9.53 Å². The number of nitrogens with one attached hydrogen (secondary N) is 1. The van der Waals surface area contributed by atoms with Crippen LogP contribution in [0.2, 0.25) is 0 Å². The molecule has 0 aromatic rings. The number of ether oxygens (including phenoxy) is 1. The first-order valence-electron chi connectivity index (χ1n) is 4.37. The van der Waals surface area contributed by atoms with E-state index >= 15 is 0 Å². The van der Waals surface area contributed by atoms with Crippen molar-refractivity contribution in [2.24, 2.45) is 5.73 Å². The first kappa shape index (κ1) is 9.48. The molecule has 12 heavy (non-hydrogen) atoms. The molecule has 0 bridgehead atoms. The Balaban J connectivity index is 2.16. The number of hydrogen-bond acceptors (Lipinski definition) is 3. The van der Waals surface area contributed by atoms with Gasteiger partial charge < -0.3 is 15.8 Å². The lowest BCUT2D eigenvalue weighted by atomic mass is 10.1. The van der Waals surface area contributed by atoms with Gasteiger partial charge in [0.25, 0.3) is 0 Å². The molecular weight excluding hydrogens is 156 g/mol. The van der Waals surface area contributed by atoms with Gasteiger partial charge in [-0.1, -0.05) is 13.3 Å². The van der Waals surface area contributed by atoms with Crippen LogP contribution >= 0.6 is 0 Å². The minimum atomic E-state index is -0.351. The Morgan fingerprint density at radius 1 is 1.75 bits per heavy atom. The molecule has 0 spiro atoms. The average Bonchev–Trinajstić information content (AvgIpc) is 1.97. The van der Waals surface area contributed by atoms with E-state index < -0.39 is 0 Å². The molecule has 1 aliphatic heterocycles. The van der Waals surface area contributed by atoms with E-state index in [9.17, 15) is 4.79 Å². The van der Waals surface area contributed by atoms with Crippen LogP contribution in [-0.4, -0.2) is 31.2 Å². The summed E-state index contributed by atoms with van der Waals surface area (Å²) >= 11 is 0. The summed E-state index contributed by atoms with van der Waals surface area (Å²) in [6.07, 6.45) is 1.69. The van der Waals surface area contributed by atoms with E-state index in [-0.39, 0.29) is 18.0 Å². The van der Waals surface area contributed by atoms with Crippen LogP contribution in [0.3, 0.4) is 0 Å².